The number of para-hydroxylation sites is 2. The van der Waals surface area contributed by atoms with E-state index in [4.69, 9.17) is 4.74 Å². The number of rotatable bonds is 7. The average Bonchev–Trinajstić information content (AvgIpc) is 3.10. The van der Waals surface area contributed by atoms with Gasteiger partial charge in [-0.05, 0) is 25.5 Å². The van der Waals surface area contributed by atoms with Gasteiger partial charge in [-0.2, -0.15) is 0 Å². The van der Waals surface area contributed by atoms with E-state index in [-0.39, 0.29) is 36.5 Å². The number of hydrogen-bond acceptors (Lipinski definition) is 5. The van der Waals surface area contributed by atoms with E-state index < -0.39 is 0 Å². The zero-order chi connectivity index (χ0) is 19.1. The number of fused-ring (bicyclic) bond motifs is 1. The largest absolute Gasteiger partial charge is 0.482 e. The van der Waals surface area contributed by atoms with Gasteiger partial charge in [0.25, 0.3) is 5.91 Å². The van der Waals surface area contributed by atoms with E-state index in [1.165, 1.54) is 0 Å². The summed E-state index contributed by atoms with van der Waals surface area (Å²) in [5, 5.41) is 9.76. The first-order valence-electron chi connectivity index (χ1n) is 9.05. The third-order valence-corrected chi connectivity index (χ3v) is 5.05. The van der Waals surface area contributed by atoms with Crippen molar-refractivity contribution < 1.29 is 9.53 Å². The quantitative estimate of drug-likeness (QED) is 0.257. The minimum absolute atomic E-state index is 0. The number of nitrogens with zero attached hydrogens (tertiary/aromatic N) is 3. The van der Waals surface area contributed by atoms with E-state index >= 15 is 0 Å². The van der Waals surface area contributed by atoms with Crippen LogP contribution in [-0.4, -0.2) is 50.1 Å². The molecule has 0 fully saturated rings. The smallest absolute Gasteiger partial charge is 0.265 e. The van der Waals surface area contributed by atoms with Crippen LogP contribution in [0.15, 0.2) is 34.6 Å². The lowest BCUT2D eigenvalue weighted by atomic mass is 10.2. The number of nitrogens with one attached hydrogen (secondary N) is 2. The Kier molecular flexibility index (Phi) is 8.97. The number of hydrogen-bond donors (Lipinski definition) is 2. The molecule has 28 heavy (non-hydrogen) atoms. The zero-order valence-electron chi connectivity index (χ0n) is 16.1. The van der Waals surface area contributed by atoms with Crippen LogP contribution in [0.4, 0.5) is 5.69 Å². The Balaban J connectivity index is 0.00000280. The first kappa shape index (κ1) is 22.4. The molecule has 0 spiro atoms. The zero-order valence-corrected chi connectivity index (χ0v) is 19.3. The summed E-state index contributed by atoms with van der Waals surface area (Å²) in [6.45, 7) is 4.26. The maximum absolute atomic E-state index is 12.2. The second kappa shape index (κ2) is 11.2. The van der Waals surface area contributed by atoms with E-state index in [0.717, 1.165) is 54.0 Å². The van der Waals surface area contributed by atoms with Gasteiger partial charge in [0, 0.05) is 38.5 Å². The number of ether oxygens (including phenoxy) is 1. The van der Waals surface area contributed by atoms with Gasteiger partial charge >= 0.3 is 0 Å². The molecule has 1 amide bonds. The standard InChI is InChI=1S/C19H25N5O2S.HI/c1-14-23-15(13-27-14)8-10-22-19(20-2)21-9-5-11-24-16-6-3-4-7-17(16)26-12-18(24)25;/h3-4,6-7,13H,5,8-12H2,1-2H3,(H2,20,21,22);1H. The van der Waals surface area contributed by atoms with E-state index in [2.05, 4.69) is 26.0 Å². The molecule has 1 aliphatic rings. The number of carbonyl (C=O) groups is 1. The van der Waals surface area contributed by atoms with Gasteiger partial charge in [0.2, 0.25) is 0 Å². The topological polar surface area (TPSA) is 78.9 Å². The van der Waals surface area contributed by atoms with Crippen molar-refractivity contribution in [2.75, 3.05) is 38.2 Å². The highest BCUT2D eigenvalue weighted by molar-refractivity contribution is 14.0. The van der Waals surface area contributed by atoms with E-state index in [1.54, 1.807) is 23.3 Å². The number of guanidine groups is 1. The van der Waals surface area contributed by atoms with Crippen LogP contribution in [0.5, 0.6) is 5.75 Å². The number of amides is 1. The summed E-state index contributed by atoms with van der Waals surface area (Å²) in [7, 11) is 1.75. The second-order valence-electron chi connectivity index (χ2n) is 6.19. The molecule has 0 atom stereocenters. The Morgan fingerprint density at radius 3 is 2.86 bits per heavy atom. The van der Waals surface area contributed by atoms with Crippen molar-refractivity contribution in [2.24, 2.45) is 4.99 Å². The van der Waals surface area contributed by atoms with Gasteiger partial charge in [-0.25, -0.2) is 4.98 Å². The van der Waals surface area contributed by atoms with Crippen LogP contribution < -0.4 is 20.3 Å². The maximum Gasteiger partial charge on any atom is 0.265 e. The van der Waals surface area contributed by atoms with E-state index in [1.807, 2.05) is 31.2 Å². The fourth-order valence-electron chi connectivity index (χ4n) is 2.90. The van der Waals surface area contributed by atoms with Crippen LogP contribution in [0.1, 0.15) is 17.1 Å². The Labute approximate surface area is 186 Å². The molecule has 1 aromatic heterocycles. The molecule has 2 N–H and O–H groups in total. The van der Waals surface area contributed by atoms with Crippen LogP contribution in [0.3, 0.4) is 0 Å². The summed E-state index contributed by atoms with van der Waals surface area (Å²) in [4.78, 5) is 22.6. The number of anilines is 1. The van der Waals surface area contributed by atoms with Crippen molar-refractivity contribution in [3.63, 3.8) is 0 Å². The summed E-state index contributed by atoms with van der Waals surface area (Å²) in [6.07, 6.45) is 1.68. The molecule has 0 saturated heterocycles. The normalized spacial score (nSPS) is 13.4. The summed E-state index contributed by atoms with van der Waals surface area (Å²) in [6, 6.07) is 7.64. The fraction of sp³-hybridized carbons (Fsp3) is 0.421. The van der Waals surface area contributed by atoms with Crippen molar-refractivity contribution in [1.29, 1.82) is 0 Å². The molecule has 0 radical (unpaired) electrons. The molecule has 9 heteroatoms. The van der Waals surface area contributed by atoms with Gasteiger partial charge in [0.1, 0.15) is 5.75 Å². The summed E-state index contributed by atoms with van der Waals surface area (Å²) in [5.74, 6) is 1.52. The number of thiazole rings is 1. The van der Waals surface area contributed by atoms with Crippen LogP contribution in [0, 0.1) is 6.92 Å². The van der Waals surface area contributed by atoms with Gasteiger partial charge < -0.3 is 20.3 Å². The van der Waals surface area contributed by atoms with Crippen LogP contribution in [0.25, 0.3) is 0 Å². The van der Waals surface area contributed by atoms with Gasteiger partial charge in [-0.15, -0.1) is 35.3 Å². The lowest BCUT2D eigenvalue weighted by Crippen LogP contribution is -2.42. The van der Waals surface area contributed by atoms with Crippen LogP contribution in [0.2, 0.25) is 0 Å². The minimum atomic E-state index is -0.00485. The Morgan fingerprint density at radius 1 is 1.32 bits per heavy atom. The summed E-state index contributed by atoms with van der Waals surface area (Å²) >= 11 is 1.67. The fourth-order valence-corrected chi connectivity index (χ4v) is 3.54. The summed E-state index contributed by atoms with van der Waals surface area (Å²) < 4.78 is 5.47. The average molecular weight is 515 g/mol. The first-order chi connectivity index (χ1) is 13.2. The van der Waals surface area contributed by atoms with Gasteiger partial charge in [-0.1, -0.05) is 12.1 Å². The van der Waals surface area contributed by atoms with Crippen LogP contribution in [-0.2, 0) is 11.2 Å². The lowest BCUT2D eigenvalue weighted by Gasteiger charge is -2.29. The van der Waals surface area contributed by atoms with Crippen molar-refractivity contribution in [1.82, 2.24) is 15.6 Å². The van der Waals surface area contributed by atoms with Gasteiger partial charge in [0.05, 0.1) is 16.4 Å². The molecule has 2 heterocycles. The minimum Gasteiger partial charge on any atom is -0.482 e. The first-order valence-corrected chi connectivity index (χ1v) is 9.93. The predicted molar refractivity (Wildman–Crippen MR) is 124 cm³/mol. The Hall–Kier alpha value is -1.88. The molecule has 7 nitrogen and oxygen atoms in total. The highest BCUT2D eigenvalue weighted by Crippen LogP contribution is 2.31. The Morgan fingerprint density at radius 2 is 2.11 bits per heavy atom. The third-order valence-electron chi connectivity index (χ3n) is 4.22. The number of carbonyl (C=O) groups excluding carboxylic acids is 1. The number of halogens is 1. The Bertz CT molecular complexity index is 811. The highest BCUT2D eigenvalue weighted by atomic mass is 127. The molecule has 152 valence electrons. The lowest BCUT2D eigenvalue weighted by molar-refractivity contribution is -0.121. The van der Waals surface area contributed by atoms with Gasteiger partial charge in [-0.3, -0.25) is 9.79 Å². The number of aliphatic imine (C=N–C) groups is 1. The number of aryl methyl sites for hydroxylation is 1. The molecule has 0 aliphatic carbocycles. The van der Waals surface area contributed by atoms with Crippen molar-refractivity contribution in [3.8, 4) is 5.75 Å². The van der Waals surface area contributed by atoms with Gasteiger partial charge in [0.15, 0.2) is 12.6 Å². The molecular formula is C19H26IN5O2S. The number of benzene rings is 1. The van der Waals surface area contributed by atoms with Crippen molar-refractivity contribution in [2.45, 2.75) is 19.8 Å². The SMILES string of the molecule is CN=C(NCCCN1C(=O)COc2ccccc21)NCCc1csc(C)n1.I. The van der Waals surface area contributed by atoms with Crippen LogP contribution >= 0.6 is 35.3 Å². The summed E-state index contributed by atoms with van der Waals surface area (Å²) in [5.41, 5.74) is 1.94. The van der Waals surface area contributed by atoms with Crippen molar-refractivity contribution >= 4 is 52.9 Å². The maximum atomic E-state index is 12.2. The second-order valence-corrected chi connectivity index (χ2v) is 7.25. The number of aromatic nitrogens is 1. The molecule has 0 unspecified atom stereocenters. The van der Waals surface area contributed by atoms with E-state index in [0.29, 0.717) is 6.54 Å². The molecule has 1 aliphatic heterocycles. The molecule has 1 aromatic carbocycles. The predicted octanol–water partition coefficient (Wildman–Crippen LogP) is 2.59. The third kappa shape index (κ3) is 6.06. The molecule has 0 saturated carbocycles. The molecule has 2 aromatic rings. The molecule has 0 bridgehead atoms. The monoisotopic (exact) mass is 515 g/mol. The van der Waals surface area contributed by atoms with E-state index in [9.17, 15) is 4.79 Å². The molecular weight excluding hydrogens is 489 g/mol. The van der Waals surface area contributed by atoms with Crippen molar-refractivity contribution in [3.05, 3.63) is 40.3 Å². The highest BCUT2D eigenvalue weighted by Gasteiger charge is 2.24. The molecule has 3 rings (SSSR count).